The first kappa shape index (κ1) is 22.6. The predicted molar refractivity (Wildman–Crippen MR) is 128 cm³/mol. The summed E-state index contributed by atoms with van der Waals surface area (Å²) < 4.78 is 5.80. The van der Waals surface area contributed by atoms with E-state index in [-0.39, 0.29) is 23.8 Å². The van der Waals surface area contributed by atoms with Crippen molar-refractivity contribution >= 4 is 29.0 Å². The molecule has 0 saturated carbocycles. The molecule has 32 heavy (non-hydrogen) atoms. The predicted octanol–water partition coefficient (Wildman–Crippen LogP) is 4.29. The lowest BCUT2D eigenvalue weighted by Gasteiger charge is -2.35. The maximum atomic E-state index is 12.9. The number of hydrogen-bond acceptors (Lipinski definition) is 7. The summed E-state index contributed by atoms with van der Waals surface area (Å²) in [5, 5.41) is 16.4. The van der Waals surface area contributed by atoms with Crippen LogP contribution in [-0.2, 0) is 16.6 Å². The summed E-state index contributed by atoms with van der Waals surface area (Å²) in [6.45, 7) is 2.17. The Morgan fingerprint density at radius 1 is 1.25 bits per heavy atom. The number of rotatable bonds is 7. The Balaban J connectivity index is 1.41. The van der Waals surface area contributed by atoms with Gasteiger partial charge in [-0.05, 0) is 31.3 Å². The largest absolute Gasteiger partial charge is 0.502 e. The molecule has 8 heteroatoms. The van der Waals surface area contributed by atoms with Crippen molar-refractivity contribution in [2.24, 2.45) is 0 Å². The monoisotopic (exact) mass is 470 g/mol. The van der Waals surface area contributed by atoms with Crippen molar-refractivity contribution in [1.82, 2.24) is 10.3 Å². The van der Waals surface area contributed by atoms with E-state index in [0.29, 0.717) is 31.6 Å². The summed E-state index contributed by atoms with van der Waals surface area (Å²) >= 11 is 3.39. The number of carbonyl (C=O) groups is 1. The molecule has 2 N–H and O–H groups in total. The quantitative estimate of drug-likeness (QED) is 0.535. The van der Waals surface area contributed by atoms with Crippen molar-refractivity contribution in [2.75, 3.05) is 18.1 Å². The van der Waals surface area contributed by atoms with E-state index in [0.717, 1.165) is 27.8 Å². The molecule has 0 spiro atoms. The Morgan fingerprint density at radius 3 is 2.75 bits per heavy atom. The molecule has 2 aromatic heterocycles. The summed E-state index contributed by atoms with van der Waals surface area (Å²) in [7, 11) is 0. The maximum absolute atomic E-state index is 12.9. The molecule has 0 aliphatic carbocycles. The molecule has 0 radical (unpaired) electrons. The second-order valence-electron chi connectivity index (χ2n) is 8.06. The van der Waals surface area contributed by atoms with Gasteiger partial charge < -0.3 is 14.8 Å². The number of aromatic hydroxyl groups is 1. The van der Waals surface area contributed by atoms with E-state index in [1.807, 2.05) is 47.5 Å². The van der Waals surface area contributed by atoms with Crippen LogP contribution in [0.2, 0.25) is 0 Å². The van der Waals surface area contributed by atoms with Gasteiger partial charge in [-0.3, -0.25) is 9.59 Å². The SMILES string of the molecule is Cc1cc(=O)c(O)c(C2(CC(=O)NCCc3nc(-c4ccccc4)cs3)CCSCC2)o1. The van der Waals surface area contributed by atoms with Crippen LogP contribution in [0.4, 0.5) is 0 Å². The van der Waals surface area contributed by atoms with Crippen LogP contribution in [0.15, 0.2) is 51.0 Å². The summed E-state index contributed by atoms with van der Waals surface area (Å²) in [4.78, 5) is 29.7. The van der Waals surface area contributed by atoms with E-state index in [4.69, 9.17) is 4.42 Å². The van der Waals surface area contributed by atoms with E-state index >= 15 is 0 Å². The van der Waals surface area contributed by atoms with Gasteiger partial charge >= 0.3 is 0 Å². The minimum absolute atomic E-state index is 0.111. The van der Waals surface area contributed by atoms with Gasteiger partial charge in [0.1, 0.15) is 5.76 Å². The van der Waals surface area contributed by atoms with Crippen LogP contribution in [0.3, 0.4) is 0 Å². The Labute approximate surface area is 195 Å². The van der Waals surface area contributed by atoms with Crippen molar-refractivity contribution in [1.29, 1.82) is 0 Å². The Hall–Kier alpha value is -2.58. The number of aromatic nitrogens is 1. The van der Waals surface area contributed by atoms with Crippen LogP contribution in [0.1, 0.15) is 35.8 Å². The number of thiazole rings is 1. The van der Waals surface area contributed by atoms with Crippen molar-refractivity contribution in [3.63, 3.8) is 0 Å². The van der Waals surface area contributed by atoms with Crippen molar-refractivity contribution < 1.29 is 14.3 Å². The third-order valence-electron chi connectivity index (χ3n) is 5.76. The molecule has 168 valence electrons. The van der Waals surface area contributed by atoms with Gasteiger partial charge in [0.15, 0.2) is 5.76 Å². The normalized spacial score (nSPS) is 15.4. The van der Waals surface area contributed by atoms with E-state index in [1.54, 1.807) is 18.3 Å². The highest BCUT2D eigenvalue weighted by Crippen LogP contribution is 2.44. The van der Waals surface area contributed by atoms with Gasteiger partial charge in [0, 0.05) is 41.8 Å². The van der Waals surface area contributed by atoms with Crippen LogP contribution in [0, 0.1) is 6.92 Å². The average Bonchev–Trinajstić information content (AvgIpc) is 3.26. The maximum Gasteiger partial charge on any atom is 0.227 e. The topological polar surface area (TPSA) is 92.4 Å². The van der Waals surface area contributed by atoms with Crippen LogP contribution in [0.5, 0.6) is 5.75 Å². The second kappa shape index (κ2) is 9.92. The molecule has 1 aliphatic heterocycles. The average molecular weight is 471 g/mol. The molecule has 3 heterocycles. The molecule has 1 aliphatic rings. The van der Waals surface area contributed by atoms with Crippen LogP contribution >= 0.6 is 23.1 Å². The number of nitrogens with one attached hydrogen (secondary N) is 1. The number of nitrogens with zero attached hydrogens (tertiary/aromatic N) is 1. The molecule has 1 fully saturated rings. The third-order valence-corrected chi connectivity index (χ3v) is 7.65. The second-order valence-corrected chi connectivity index (χ2v) is 10.2. The number of carbonyl (C=O) groups excluding carboxylic acids is 1. The lowest BCUT2D eigenvalue weighted by atomic mass is 9.75. The molecular formula is C24H26N2O4S2. The summed E-state index contributed by atoms with van der Waals surface area (Å²) in [6.07, 6.45) is 2.19. The first-order valence-corrected chi connectivity index (χ1v) is 12.7. The fourth-order valence-corrected chi connectivity index (χ4v) is 6.14. The highest BCUT2D eigenvalue weighted by Gasteiger charge is 2.41. The van der Waals surface area contributed by atoms with Gasteiger partial charge in [0.2, 0.25) is 17.1 Å². The van der Waals surface area contributed by atoms with Crippen LogP contribution in [-0.4, -0.2) is 34.0 Å². The summed E-state index contributed by atoms with van der Waals surface area (Å²) in [5.41, 5.74) is 0.905. The van der Waals surface area contributed by atoms with E-state index in [2.05, 4.69) is 10.3 Å². The highest BCUT2D eigenvalue weighted by molar-refractivity contribution is 7.99. The molecule has 4 rings (SSSR count). The van der Waals surface area contributed by atoms with Gasteiger partial charge in [0.25, 0.3) is 0 Å². The number of thioether (sulfide) groups is 1. The third kappa shape index (κ3) is 5.07. The molecule has 0 atom stereocenters. The van der Waals surface area contributed by atoms with Crippen LogP contribution < -0.4 is 10.7 Å². The molecule has 1 aromatic carbocycles. The molecule has 0 unspecified atom stereocenters. The first-order valence-electron chi connectivity index (χ1n) is 10.7. The lowest BCUT2D eigenvalue weighted by Crippen LogP contribution is -2.39. The zero-order valence-electron chi connectivity index (χ0n) is 17.9. The summed E-state index contributed by atoms with van der Waals surface area (Å²) in [5.74, 6) is 1.92. The minimum Gasteiger partial charge on any atom is -0.502 e. The number of amides is 1. The zero-order valence-corrected chi connectivity index (χ0v) is 19.6. The summed E-state index contributed by atoms with van der Waals surface area (Å²) in [6, 6.07) is 11.3. The van der Waals surface area contributed by atoms with Crippen molar-refractivity contribution in [2.45, 2.75) is 38.0 Å². The lowest BCUT2D eigenvalue weighted by molar-refractivity contribution is -0.122. The molecule has 0 bridgehead atoms. The Kier molecular flexibility index (Phi) is 7.01. The molecule has 1 amide bonds. The molecule has 1 saturated heterocycles. The highest BCUT2D eigenvalue weighted by atomic mass is 32.2. The van der Waals surface area contributed by atoms with E-state index in [1.165, 1.54) is 6.07 Å². The Morgan fingerprint density at radius 2 is 2.00 bits per heavy atom. The van der Waals surface area contributed by atoms with E-state index in [9.17, 15) is 14.7 Å². The van der Waals surface area contributed by atoms with Crippen molar-refractivity contribution in [3.8, 4) is 17.0 Å². The van der Waals surface area contributed by atoms with Gasteiger partial charge in [-0.1, -0.05) is 30.3 Å². The smallest absolute Gasteiger partial charge is 0.227 e. The number of hydrogen-bond donors (Lipinski definition) is 2. The van der Waals surface area contributed by atoms with Gasteiger partial charge in [-0.2, -0.15) is 11.8 Å². The number of aryl methyl sites for hydroxylation is 1. The zero-order chi connectivity index (χ0) is 22.6. The molecular weight excluding hydrogens is 444 g/mol. The van der Waals surface area contributed by atoms with Crippen molar-refractivity contribution in [3.05, 3.63) is 68.5 Å². The first-order chi connectivity index (χ1) is 15.5. The molecule has 6 nitrogen and oxygen atoms in total. The van der Waals surface area contributed by atoms with Crippen LogP contribution in [0.25, 0.3) is 11.3 Å². The van der Waals surface area contributed by atoms with Gasteiger partial charge in [-0.25, -0.2) is 4.98 Å². The van der Waals surface area contributed by atoms with Gasteiger partial charge in [-0.15, -0.1) is 11.3 Å². The number of benzene rings is 1. The van der Waals surface area contributed by atoms with E-state index < -0.39 is 10.8 Å². The fourth-order valence-electron chi connectivity index (χ4n) is 4.06. The standard InChI is InChI=1S/C24H26N2O4S2/c1-16-13-19(27)22(29)23(30-16)24(8-11-31-12-9-24)14-20(28)25-10-7-21-26-18(15-32-21)17-5-3-2-4-6-17/h2-6,13,15,29H,7-12,14H2,1H3,(H,25,28). The molecule has 3 aromatic rings. The fraction of sp³-hybridized carbons (Fsp3) is 0.375. The Bertz CT molecular complexity index is 1130. The van der Waals surface area contributed by atoms with Gasteiger partial charge in [0.05, 0.1) is 10.7 Å². The minimum atomic E-state index is -0.660.